The first-order valence-electron chi connectivity index (χ1n) is 10.8. The Hall–Kier alpha value is -3.37. The van der Waals surface area contributed by atoms with Gasteiger partial charge >= 0.3 is 5.97 Å². The number of hydrogen-bond donors (Lipinski definition) is 0. The molecule has 0 heterocycles. The van der Waals surface area contributed by atoms with Crippen LogP contribution in [0.1, 0.15) is 20.8 Å². The van der Waals surface area contributed by atoms with Crippen LogP contribution >= 0.6 is 0 Å². The van der Waals surface area contributed by atoms with Crippen LogP contribution < -0.4 is 20.3 Å². The Morgan fingerprint density at radius 3 is 1.88 bits per heavy atom. The highest BCUT2D eigenvalue weighted by molar-refractivity contribution is 6.96. The molecule has 4 rings (SSSR count). The molecule has 4 heteroatoms. The first kappa shape index (κ1) is 21.8. The molecule has 0 aromatic heterocycles. The standard InChI is InChI=1S/C28H27O3Si/c1-28(2,3)31-27(29)20-30-25-18-10-17-24-23(25)16-11-19-26(24)32(21-12-6-4-7-13-21)22-14-8-5-9-15-22/h4-19H,20H2,1-3H3. The minimum Gasteiger partial charge on any atom is -0.481 e. The summed E-state index contributed by atoms with van der Waals surface area (Å²) < 4.78 is 11.3. The summed E-state index contributed by atoms with van der Waals surface area (Å²) in [6.07, 6.45) is 0. The van der Waals surface area contributed by atoms with E-state index < -0.39 is 14.4 Å². The van der Waals surface area contributed by atoms with E-state index in [0.29, 0.717) is 5.75 Å². The number of rotatable bonds is 6. The van der Waals surface area contributed by atoms with E-state index in [1.807, 2.05) is 32.9 Å². The Morgan fingerprint density at radius 1 is 0.719 bits per heavy atom. The molecule has 0 aliphatic rings. The fourth-order valence-corrected chi connectivity index (χ4v) is 6.58. The van der Waals surface area contributed by atoms with E-state index in [1.165, 1.54) is 15.6 Å². The molecule has 161 valence electrons. The Morgan fingerprint density at radius 2 is 1.28 bits per heavy atom. The van der Waals surface area contributed by atoms with Gasteiger partial charge in [-0.1, -0.05) is 101 Å². The molecule has 0 aliphatic carbocycles. The number of hydrogen-bond acceptors (Lipinski definition) is 3. The second-order valence-electron chi connectivity index (χ2n) is 8.64. The molecule has 4 aromatic carbocycles. The molecule has 0 aliphatic heterocycles. The molecule has 0 spiro atoms. The maximum Gasteiger partial charge on any atom is 0.344 e. The second kappa shape index (κ2) is 9.41. The summed E-state index contributed by atoms with van der Waals surface area (Å²) in [5.41, 5.74) is -0.533. The van der Waals surface area contributed by atoms with Gasteiger partial charge in [-0.15, -0.1) is 0 Å². The van der Waals surface area contributed by atoms with Gasteiger partial charge in [0.05, 0.1) is 0 Å². The third kappa shape index (κ3) is 5.09. The van der Waals surface area contributed by atoms with Crippen LogP contribution in [-0.4, -0.2) is 27.0 Å². The smallest absolute Gasteiger partial charge is 0.344 e. The molecule has 0 bridgehead atoms. The van der Waals surface area contributed by atoms with Crippen molar-refractivity contribution < 1.29 is 14.3 Å². The van der Waals surface area contributed by atoms with Crippen molar-refractivity contribution in [1.29, 1.82) is 0 Å². The van der Waals surface area contributed by atoms with E-state index in [2.05, 4.69) is 84.9 Å². The van der Waals surface area contributed by atoms with Gasteiger partial charge in [0.15, 0.2) is 15.4 Å². The summed E-state index contributed by atoms with van der Waals surface area (Å²) in [6, 6.07) is 33.7. The Labute approximate surface area is 191 Å². The Bertz CT molecular complexity index is 1160. The van der Waals surface area contributed by atoms with Gasteiger partial charge in [-0.25, -0.2) is 4.79 Å². The lowest BCUT2D eigenvalue weighted by atomic mass is 10.1. The van der Waals surface area contributed by atoms with Gasteiger partial charge in [-0.2, -0.15) is 0 Å². The van der Waals surface area contributed by atoms with Gasteiger partial charge in [-0.05, 0) is 37.4 Å². The number of ether oxygens (including phenoxy) is 2. The van der Waals surface area contributed by atoms with E-state index in [1.54, 1.807) is 0 Å². The summed E-state index contributed by atoms with van der Waals surface area (Å²) in [7, 11) is -1.22. The van der Waals surface area contributed by atoms with Crippen LogP contribution in [0.4, 0.5) is 0 Å². The van der Waals surface area contributed by atoms with Crippen molar-refractivity contribution in [2.24, 2.45) is 0 Å². The van der Waals surface area contributed by atoms with Gasteiger partial charge in [0.2, 0.25) is 0 Å². The zero-order valence-corrected chi connectivity index (χ0v) is 19.7. The molecule has 0 amide bonds. The first-order chi connectivity index (χ1) is 15.4. The third-order valence-electron chi connectivity index (χ3n) is 5.04. The number of carbonyl (C=O) groups excluding carboxylic acids is 1. The Balaban J connectivity index is 1.74. The summed E-state index contributed by atoms with van der Waals surface area (Å²) >= 11 is 0. The fraction of sp³-hybridized carbons (Fsp3) is 0.179. The zero-order chi connectivity index (χ0) is 22.6. The van der Waals surface area contributed by atoms with Crippen LogP contribution in [0, 0.1) is 0 Å². The summed E-state index contributed by atoms with van der Waals surface area (Å²) in [6.45, 7) is 5.44. The van der Waals surface area contributed by atoms with Crippen molar-refractivity contribution in [2.75, 3.05) is 6.61 Å². The van der Waals surface area contributed by atoms with Crippen molar-refractivity contribution in [3.63, 3.8) is 0 Å². The van der Waals surface area contributed by atoms with Crippen molar-refractivity contribution in [3.05, 3.63) is 97.1 Å². The molecule has 0 N–H and O–H groups in total. The lowest BCUT2D eigenvalue weighted by Crippen LogP contribution is -2.52. The maximum absolute atomic E-state index is 12.2. The molecule has 3 nitrogen and oxygen atoms in total. The number of fused-ring (bicyclic) bond motifs is 1. The van der Waals surface area contributed by atoms with E-state index >= 15 is 0 Å². The lowest BCUT2D eigenvalue weighted by Gasteiger charge is -2.21. The molecule has 0 atom stereocenters. The lowest BCUT2D eigenvalue weighted by molar-refractivity contribution is -0.157. The summed E-state index contributed by atoms with van der Waals surface area (Å²) in [5, 5.41) is 6.11. The highest BCUT2D eigenvalue weighted by Gasteiger charge is 2.22. The van der Waals surface area contributed by atoms with Crippen LogP contribution in [-0.2, 0) is 9.53 Å². The molecule has 0 saturated carbocycles. The topological polar surface area (TPSA) is 35.5 Å². The SMILES string of the molecule is CC(C)(C)OC(=O)COc1cccc2c([Si](c3ccccc3)c3ccccc3)cccc12. The van der Waals surface area contributed by atoms with Crippen molar-refractivity contribution in [2.45, 2.75) is 26.4 Å². The van der Waals surface area contributed by atoms with Gasteiger partial charge < -0.3 is 9.47 Å². The third-order valence-corrected chi connectivity index (χ3v) is 7.84. The van der Waals surface area contributed by atoms with E-state index in [-0.39, 0.29) is 12.6 Å². The number of esters is 1. The number of benzene rings is 4. The van der Waals surface area contributed by atoms with Crippen molar-refractivity contribution in [3.8, 4) is 5.75 Å². The average molecular weight is 440 g/mol. The van der Waals surface area contributed by atoms with E-state index in [9.17, 15) is 4.79 Å². The maximum atomic E-state index is 12.2. The molecule has 32 heavy (non-hydrogen) atoms. The highest BCUT2D eigenvalue weighted by Crippen LogP contribution is 2.25. The van der Waals surface area contributed by atoms with Crippen molar-refractivity contribution >= 4 is 41.1 Å². The Kier molecular flexibility index (Phi) is 6.42. The van der Waals surface area contributed by atoms with Gasteiger partial charge in [0.1, 0.15) is 11.4 Å². The molecule has 1 radical (unpaired) electrons. The molecular formula is C28H27O3Si. The van der Waals surface area contributed by atoms with Crippen LogP contribution in [0.15, 0.2) is 97.1 Å². The van der Waals surface area contributed by atoms with Crippen LogP contribution in [0.25, 0.3) is 10.8 Å². The highest BCUT2D eigenvalue weighted by atomic mass is 28.3. The average Bonchev–Trinajstić information content (AvgIpc) is 2.78. The van der Waals surface area contributed by atoms with Gasteiger partial charge in [0, 0.05) is 5.39 Å². The molecular weight excluding hydrogens is 412 g/mol. The minimum atomic E-state index is -1.22. The predicted octanol–water partition coefficient (Wildman–Crippen LogP) is 4.08. The van der Waals surface area contributed by atoms with E-state index in [4.69, 9.17) is 9.47 Å². The van der Waals surface area contributed by atoms with Crippen LogP contribution in [0.3, 0.4) is 0 Å². The van der Waals surface area contributed by atoms with Gasteiger partial charge in [0.25, 0.3) is 0 Å². The predicted molar refractivity (Wildman–Crippen MR) is 133 cm³/mol. The molecule has 0 saturated heterocycles. The number of carbonyl (C=O) groups is 1. The normalized spacial score (nSPS) is 11.5. The largest absolute Gasteiger partial charge is 0.481 e. The summed E-state index contributed by atoms with van der Waals surface area (Å²) in [4.78, 5) is 12.2. The van der Waals surface area contributed by atoms with Crippen molar-refractivity contribution in [1.82, 2.24) is 0 Å². The molecule has 4 aromatic rings. The fourth-order valence-electron chi connectivity index (χ4n) is 3.82. The second-order valence-corrected chi connectivity index (χ2v) is 11.1. The minimum absolute atomic E-state index is 0.115. The van der Waals surface area contributed by atoms with Crippen LogP contribution in [0.5, 0.6) is 5.75 Å². The first-order valence-corrected chi connectivity index (χ1v) is 12.3. The zero-order valence-electron chi connectivity index (χ0n) is 18.7. The quantitative estimate of drug-likeness (QED) is 0.258. The monoisotopic (exact) mass is 439 g/mol. The van der Waals surface area contributed by atoms with Crippen LogP contribution in [0.2, 0.25) is 0 Å². The van der Waals surface area contributed by atoms with E-state index in [0.717, 1.165) is 10.8 Å². The van der Waals surface area contributed by atoms with Gasteiger partial charge in [-0.3, -0.25) is 0 Å². The summed E-state index contributed by atoms with van der Waals surface area (Å²) in [5.74, 6) is 0.321. The molecule has 0 fully saturated rings. The molecule has 0 unspecified atom stereocenters.